The predicted octanol–water partition coefficient (Wildman–Crippen LogP) is 5.74. The van der Waals surface area contributed by atoms with Crippen LogP contribution in [0.2, 0.25) is 0 Å². The molecule has 3 aromatic rings. The molecule has 0 aliphatic heterocycles. The van der Waals surface area contributed by atoms with Crippen LogP contribution in [0, 0.1) is 13.8 Å². The molecule has 4 nitrogen and oxygen atoms in total. The molecule has 1 N–H and O–H groups in total. The Morgan fingerprint density at radius 3 is 2.44 bits per heavy atom. The molecule has 2 amide bonds. The summed E-state index contributed by atoms with van der Waals surface area (Å²) in [5.41, 5.74) is 3.73. The van der Waals surface area contributed by atoms with E-state index >= 15 is 0 Å². The van der Waals surface area contributed by atoms with Gasteiger partial charge in [-0.15, -0.1) is 11.3 Å². The average Bonchev–Trinajstić information content (AvgIpc) is 3.49. The zero-order chi connectivity index (χ0) is 22.5. The van der Waals surface area contributed by atoms with Crippen molar-refractivity contribution in [2.45, 2.75) is 58.0 Å². The molecule has 1 atom stereocenters. The summed E-state index contributed by atoms with van der Waals surface area (Å²) in [6.07, 6.45) is 4.54. The maximum atomic E-state index is 13.8. The molecule has 1 heterocycles. The van der Waals surface area contributed by atoms with E-state index in [1.165, 1.54) is 0 Å². The monoisotopic (exact) mass is 446 g/mol. The van der Waals surface area contributed by atoms with Gasteiger partial charge < -0.3 is 5.32 Å². The number of thiophene rings is 1. The molecule has 32 heavy (non-hydrogen) atoms. The lowest BCUT2D eigenvalue weighted by atomic mass is 9.99. The molecule has 2 aromatic carbocycles. The van der Waals surface area contributed by atoms with Crippen LogP contribution in [0.15, 0.2) is 66.0 Å². The van der Waals surface area contributed by atoms with E-state index in [-0.39, 0.29) is 24.3 Å². The van der Waals surface area contributed by atoms with Crippen LogP contribution in [0.4, 0.5) is 5.69 Å². The highest BCUT2D eigenvalue weighted by atomic mass is 32.1. The fraction of sp³-hybridized carbons (Fsp3) is 0.333. The first kappa shape index (κ1) is 22.3. The van der Waals surface area contributed by atoms with Crippen LogP contribution >= 0.6 is 11.3 Å². The SMILES string of the molecule is Cc1cccc(N(C(=O)Cc2cccs2)[C@H](C(=O)NC2CCCC2)c2ccccc2)c1C. The third-order valence-corrected chi connectivity index (χ3v) is 7.21. The Labute approximate surface area is 194 Å². The lowest BCUT2D eigenvalue weighted by Gasteiger charge is -2.33. The first-order valence-corrected chi connectivity index (χ1v) is 12.2. The third-order valence-electron chi connectivity index (χ3n) is 6.33. The van der Waals surface area contributed by atoms with Crippen LogP contribution in [-0.4, -0.2) is 17.9 Å². The van der Waals surface area contributed by atoms with E-state index in [1.807, 2.05) is 79.9 Å². The van der Waals surface area contributed by atoms with Crippen LogP contribution in [-0.2, 0) is 16.0 Å². The molecule has 1 aliphatic rings. The fourth-order valence-electron chi connectivity index (χ4n) is 4.46. The van der Waals surface area contributed by atoms with Gasteiger partial charge in [0.1, 0.15) is 6.04 Å². The smallest absolute Gasteiger partial charge is 0.248 e. The Bertz CT molecular complexity index is 1060. The number of nitrogens with zero attached hydrogens (tertiary/aromatic N) is 1. The first-order valence-electron chi connectivity index (χ1n) is 11.3. The summed E-state index contributed by atoms with van der Waals surface area (Å²) < 4.78 is 0. The van der Waals surface area contributed by atoms with Gasteiger partial charge in [0.2, 0.25) is 11.8 Å². The molecular weight excluding hydrogens is 416 g/mol. The quantitative estimate of drug-likeness (QED) is 0.503. The Hall–Kier alpha value is -2.92. The van der Waals surface area contributed by atoms with E-state index < -0.39 is 6.04 Å². The number of aryl methyl sites for hydroxylation is 1. The standard InChI is InChI=1S/C27H30N2O2S/c1-19-10-8-16-24(20(19)2)29(25(30)18-23-15-9-17-32-23)26(21-11-4-3-5-12-21)27(31)28-22-13-6-7-14-22/h3-5,8-12,15-17,22,26H,6-7,13-14,18H2,1-2H3,(H,28,31)/t26-/m0/s1. The number of carbonyl (C=O) groups excluding carboxylic acids is 2. The molecular formula is C27H30N2O2S. The Balaban J connectivity index is 1.78. The molecule has 5 heteroatoms. The van der Waals surface area contributed by atoms with Gasteiger partial charge in [0, 0.05) is 16.6 Å². The Kier molecular flexibility index (Phi) is 7.05. The lowest BCUT2D eigenvalue weighted by Crippen LogP contribution is -2.47. The second-order valence-corrected chi connectivity index (χ2v) is 9.57. The van der Waals surface area contributed by atoms with Crippen molar-refractivity contribution in [1.82, 2.24) is 5.32 Å². The molecule has 0 unspecified atom stereocenters. The van der Waals surface area contributed by atoms with Crippen molar-refractivity contribution in [2.75, 3.05) is 4.90 Å². The zero-order valence-corrected chi connectivity index (χ0v) is 19.5. The highest BCUT2D eigenvalue weighted by Gasteiger charge is 2.35. The van der Waals surface area contributed by atoms with Gasteiger partial charge in [-0.2, -0.15) is 0 Å². The van der Waals surface area contributed by atoms with Gasteiger partial charge in [0.25, 0.3) is 0 Å². The van der Waals surface area contributed by atoms with Crippen LogP contribution in [0.1, 0.15) is 53.3 Å². The Morgan fingerprint density at radius 1 is 1.00 bits per heavy atom. The van der Waals surface area contributed by atoms with Crippen molar-refractivity contribution in [1.29, 1.82) is 0 Å². The van der Waals surface area contributed by atoms with Gasteiger partial charge in [-0.1, -0.05) is 61.4 Å². The minimum Gasteiger partial charge on any atom is -0.351 e. The number of anilines is 1. The second-order valence-electron chi connectivity index (χ2n) is 8.54. The van der Waals surface area contributed by atoms with E-state index in [2.05, 4.69) is 5.32 Å². The van der Waals surface area contributed by atoms with Crippen molar-refractivity contribution in [2.24, 2.45) is 0 Å². The number of hydrogen-bond donors (Lipinski definition) is 1. The summed E-state index contributed by atoms with van der Waals surface area (Å²) in [6.45, 7) is 4.06. The zero-order valence-electron chi connectivity index (χ0n) is 18.7. The first-order chi connectivity index (χ1) is 15.5. The number of carbonyl (C=O) groups is 2. The van der Waals surface area contributed by atoms with Gasteiger partial charge in [-0.05, 0) is 60.9 Å². The van der Waals surface area contributed by atoms with Gasteiger partial charge >= 0.3 is 0 Å². The third kappa shape index (κ3) is 4.94. The molecule has 0 radical (unpaired) electrons. The number of nitrogens with one attached hydrogen (secondary N) is 1. The second kappa shape index (κ2) is 10.1. The van der Waals surface area contributed by atoms with Crippen molar-refractivity contribution < 1.29 is 9.59 Å². The van der Waals surface area contributed by atoms with E-state index in [1.54, 1.807) is 16.2 Å². The molecule has 1 aliphatic carbocycles. The number of benzene rings is 2. The van der Waals surface area contributed by atoms with Gasteiger partial charge in [-0.25, -0.2) is 0 Å². The maximum Gasteiger partial charge on any atom is 0.248 e. The van der Waals surface area contributed by atoms with Gasteiger partial charge in [0.05, 0.1) is 6.42 Å². The molecule has 166 valence electrons. The summed E-state index contributed by atoms with van der Waals surface area (Å²) in [5.74, 6) is -0.180. The van der Waals surface area contributed by atoms with Gasteiger partial charge in [0.15, 0.2) is 0 Å². The largest absolute Gasteiger partial charge is 0.351 e. The molecule has 4 rings (SSSR count). The number of rotatable bonds is 7. The minimum absolute atomic E-state index is 0.0726. The normalized spacial score (nSPS) is 14.8. The highest BCUT2D eigenvalue weighted by molar-refractivity contribution is 7.10. The summed E-state index contributed by atoms with van der Waals surface area (Å²) >= 11 is 1.57. The predicted molar refractivity (Wildman–Crippen MR) is 131 cm³/mol. The topological polar surface area (TPSA) is 49.4 Å². The summed E-state index contributed by atoms with van der Waals surface area (Å²) in [4.78, 5) is 30.2. The summed E-state index contributed by atoms with van der Waals surface area (Å²) in [6, 6.07) is 19.0. The van der Waals surface area contributed by atoms with E-state index in [4.69, 9.17) is 0 Å². The van der Waals surface area contributed by atoms with E-state index in [0.29, 0.717) is 0 Å². The molecule has 0 bridgehead atoms. The average molecular weight is 447 g/mol. The van der Waals surface area contributed by atoms with E-state index in [0.717, 1.165) is 52.9 Å². The van der Waals surface area contributed by atoms with Crippen LogP contribution in [0.25, 0.3) is 0 Å². The van der Waals surface area contributed by atoms with E-state index in [9.17, 15) is 9.59 Å². The molecule has 1 saturated carbocycles. The van der Waals surface area contributed by atoms with Crippen molar-refractivity contribution >= 4 is 28.8 Å². The Morgan fingerprint density at radius 2 is 1.75 bits per heavy atom. The molecule has 1 aromatic heterocycles. The highest BCUT2D eigenvalue weighted by Crippen LogP contribution is 2.33. The van der Waals surface area contributed by atoms with Gasteiger partial charge in [-0.3, -0.25) is 14.5 Å². The van der Waals surface area contributed by atoms with Crippen molar-refractivity contribution in [3.63, 3.8) is 0 Å². The van der Waals surface area contributed by atoms with Crippen molar-refractivity contribution in [3.8, 4) is 0 Å². The fourth-order valence-corrected chi connectivity index (χ4v) is 5.16. The molecule has 0 spiro atoms. The van der Waals surface area contributed by atoms with Crippen LogP contribution in [0.5, 0.6) is 0 Å². The number of hydrogen-bond acceptors (Lipinski definition) is 3. The minimum atomic E-state index is -0.718. The van der Waals surface area contributed by atoms with Crippen LogP contribution in [0.3, 0.4) is 0 Å². The van der Waals surface area contributed by atoms with Crippen LogP contribution < -0.4 is 10.2 Å². The summed E-state index contributed by atoms with van der Waals surface area (Å²) in [5, 5.41) is 5.22. The summed E-state index contributed by atoms with van der Waals surface area (Å²) in [7, 11) is 0. The van der Waals surface area contributed by atoms with Crippen molar-refractivity contribution in [3.05, 3.63) is 87.6 Å². The lowest BCUT2D eigenvalue weighted by molar-refractivity contribution is -0.127. The number of amides is 2. The molecule has 1 fully saturated rings. The molecule has 0 saturated heterocycles. The maximum absolute atomic E-state index is 13.8.